The highest BCUT2D eigenvalue weighted by atomic mass is 35.5. The molecule has 2 aliphatic carbocycles. The number of aromatic nitrogens is 1. The first kappa shape index (κ1) is 24.4. The van der Waals surface area contributed by atoms with Crippen LogP contribution in [0.25, 0.3) is 0 Å². The van der Waals surface area contributed by atoms with E-state index in [0.717, 1.165) is 57.4 Å². The fourth-order valence-electron chi connectivity index (χ4n) is 8.09. The summed E-state index contributed by atoms with van der Waals surface area (Å²) in [4.78, 5) is 21.6. The van der Waals surface area contributed by atoms with Gasteiger partial charge in [-0.1, -0.05) is 73.7 Å². The molecule has 1 N–H and O–H groups in total. The van der Waals surface area contributed by atoms with E-state index >= 15 is 0 Å². The van der Waals surface area contributed by atoms with Gasteiger partial charge in [0.1, 0.15) is 5.15 Å². The molecule has 2 saturated heterocycles. The van der Waals surface area contributed by atoms with Crippen LogP contribution < -0.4 is 5.32 Å². The predicted molar refractivity (Wildman–Crippen MR) is 145 cm³/mol. The van der Waals surface area contributed by atoms with Crippen LogP contribution in [0.3, 0.4) is 0 Å². The van der Waals surface area contributed by atoms with Crippen LogP contribution in [0.5, 0.6) is 0 Å². The number of carbonyl (C=O) groups excluding carboxylic acids is 1. The minimum atomic E-state index is -0.146. The molecule has 5 heteroatoms. The lowest BCUT2D eigenvalue weighted by Gasteiger charge is -2.47. The molecule has 6 rings (SSSR count). The second-order valence-corrected chi connectivity index (χ2v) is 12.2. The molecule has 36 heavy (non-hydrogen) atoms. The highest BCUT2D eigenvalue weighted by molar-refractivity contribution is 6.29. The van der Waals surface area contributed by atoms with E-state index in [1.165, 1.54) is 49.7 Å². The Morgan fingerprint density at radius 2 is 1.81 bits per heavy atom. The Morgan fingerprint density at radius 1 is 1.00 bits per heavy atom. The number of hydrogen-bond donors (Lipinski definition) is 1. The van der Waals surface area contributed by atoms with Crippen molar-refractivity contribution in [3.63, 3.8) is 0 Å². The Bertz CT molecular complexity index is 1070. The van der Waals surface area contributed by atoms with Crippen molar-refractivity contribution in [3.05, 3.63) is 64.4 Å². The second-order valence-electron chi connectivity index (χ2n) is 11.8. The Hall–Kier alpha value is -1.91. The molecule has 4 aliphatic rings. The van der Waals surface area contributed by atoms with Crippen LogP contribution in [-0.2, 0) is 16.6 Å². The summed E-state index contributed by atoms with van der Waals surface area (Å²) in [7, 11) is 0. The summed E-state index contributed by atoms with van der Waals surface area (Å²) >= 11 is 6.27. The average Bonchev–Trinajstić information content (AvgIpc) is 3.13. The van der Waals surface area contributed by atoms with E-state index in [9.17, 15) is 4.79 Å². The van der Waals surface area contributed by atoms with Crippen molar-refractivity contribution in [2.24, 2.45) is 11.8 Å². The zero-order valence-corrected chi connectivity index (χ0v) is 22.2. The molecule has 2 aliphatic heterocycles. The minimum absolute atomic E-state index is 0.0129. The third-order valence-electron chi connectivity index (χ3n) is 9.91. The van der Waals surface area contributed by atoms with E-state index in [4.69, 9.17) is 16.6 Å². The van der Waals surface area contributed by atoms with Crippen molar-refractivity contribution in [2.45, 2.75) is 88.0 Å². The average molecular weight is 506 g/mol. The van der Waals surface area contributed by atoms with Gasteiger partial charge in [-0.3, -0.25) is 4.79 Å². The fraction of sp³-hybridized carbons (Fsp3) is 0.613. The summed E-state index contributed by atoms with van der Waals surface area (Å²) in [5, 5.41) is 4.20. The summed E-state index contributed by atoms with van der Waals surface area (Å²) < 4.78 is 0. The molecule has 4 nitrogen and oxygen atoms in total. The smallest absolute Gasteiger partial charge is 0.228 e. The number of fused-ring (bicyclic) bond motifs is 2. The maximum atomic E-state index is 14.6. The predicted octanol–water partition coefficient (Wildman–Crippen LogP) is 6.27. The van der Waals surface area contributed by atoms with E-state index in [1.54, 1.807) is 0 Å². The molecule has 3 fully saturated rings. The molecule has 3 heterocycles. The van der Waals surface area contributed by atoms with Gasteiger partial charge in [-0.25, -0.2) is 4.98 Å². The van der Waals surface area contributed by atoms with Crippen LogP contribution in [0.1, 0.15) is 86.9 Å². The Labute approximate surface area is 221 Å². The molecule has 2 unspecified atom stereocenters. The SMILES string of the molecule is O=C([C@@H]1CNC[C@]12CCCc1nc(Cl)ccc12)N1CCC(c2ccccc2)CC1C1CCCCCC1. The van der Waals surface area contributed by atoms with Gasteiger partial charge in [-0.2, -0.15) is 0 Å². The van der Waals surface area contributed by atoms with Gasteiger partial charge in [-0.05, 0) is 74.0 Å². The van der Waals surface area contributed by atoms with Crippen LogP contribution in [-0.4, -0.2) is 41.5 Å². The molecule has 0 bridgehead atoms. The largest absolute Gasteiger partial charge is 0.339 e. The summed E-state index contributed by atoms with van der Waals surface area (Å²) in [5.41, 5.74) is 3.68. The van der Waals surface area contributed by atoms with Gasteiger partial charge in [-0.15, -0.1) is 0 Å². The van der Waals surface area contributed by atoms with Gasteiger partial charge in [0.2, 0.25) is 5.91 Å². The van der Waals surface area contributed by atoms with Gasteiger partial charge in [0.05, 0.1) is 5.92 Å². The van der Waals surface area contributed by atoms with Gasteiger partial charge in [0, 0.05) is 36.8 Å². The molecular weight excluding hydrogens is 466 g/mol. The van der Waals surface area contributed by atoms with E-state index < -0.39 is 0 Å². The number of carbonyl (C=O) groups is 1. The molecule has 2 aromatic rings. The van der Waals surface area contributed by atoms with E-state index in [0.29, 0.717) is 28.9 Å². The Balaban J connectivity index is 1.31. The monoisotopic (exact) mass is 505 g/mol. The molecular formula is C31H40ClN3O. The van der Waals surface area contributed by atoms with Crippen LogP contribution in [0.15, 0.2) is 42.5 Å². The Kier molecular flexibility index (Phi) is 7.09. The quantitative estimate of drug-likeness (QED) is 0.394. The lowest BCUT2D eigenvalue weighted by Crippen LogP contribution is -2.55. The zero-order chi connectivity index (χ0) is 24.5. The van der Waals surface area contributed by atoms with Crippen LogP contribution in [0.4, 0.5) is 0 Å². The summed E-state index contributed by atoms with van der Waals surface area (Å²) in [6.45, 7) is 2.53. The lowest BCUT2D eigenvalue weighted by atomic mass is 9.65. The number of pyridine rings is 1. The molecule has 1 aromatic carbocycles. The van der Waals surface area contributed by atoms with Crippen LogP contribution in [0, 0.1) is 11.8 Å². The number of benzene rings is 1. The number of nitrogens with zero attached hydrogens (tertiary/aromatic N) is 2. The lowest BCUT2D eigenvalue weighted by molar-refractivity contribution is -0.142. The molecule has 1 saturated carbocycles. The van der Waals surface area contributed by atoms with Gasteiger partial charge in [0.15, 0.2) is 0 Å². The van der Waals surface area contributed by atoms with Crippen molar-refractivity contribution in [2.75, 3.05) is 19.6 Å². The maximum absolute atomic E-state index is 14.6. The summed E-state index contributed by atoms with van der Waals surface area (Å²) in [6.07, 6.45) is 13.1. The van der Waals surface area contributed by atoms with Crippen LogP contribution >= 0.6 is 11.6 Å². The van der Waals surface area contributed by atoms with Crippen molar-refractivity contribution < 1.29 is 4.79 Å². The first-order valence-corrected chi connectivity index (χ1v) is 14.8. The highest BCUT2D eigenvalue weighted by Crippen LogP contribution is 2.47. The highest BCUT2D eigenvalue weighted by Gasteiger charge is 2.52. The fourth-order valence-corrected chi connectivity index (χ4v) is 8.26. The number of hydrogen-bond acceptors (Lipinski definition) is 3. The van der Waals surface area contributed by atoms with Crippen molar-refractivity contribution >= 4 is 17.5 Å². The number of aryl methyl sites for hydroxylation is 1. The van der Waals surface area contributed by atoms with E-state index in [2.05, 4.69) is 46.6 Å². The van der Waals surface area contributed by atoms with Gasteiger partial charge >= 0.3 is 0 Å². The number of halogens is 1. The molecule has 1 amide bonds. The summed E-state index contributed by atoms with van der Waals surface area (Å²) in [6, 6.07) is 15.5. The maximum Gasteiger partial charge on any atom is 0.228 e. The van der Waals surface area contributed by atoms with E-state index in [-0.39, 0.29) is 11.3 Å². The van der Waals surface area contributed by atoms with Gasteiger partial charge in [0.25, 0.3) is 0 Å². The molecule has 1 spiro atoms. The standard InChI is InChI=1S/C31H40ClN3O/c32-29-15-14-25-27(34-29)13-8-17-31(25)21-33-20-26(31)30(36)35-18-16-24(22-9-6-3-7-10-22)19-28(35)23-11-4-1-2-5-12-23/h3,6-7,9-10,14-15,23-24,26,28,33H,1-2,4-5,8,11-13,16-21H2/t24?,26-,28?,31-/m0/s1. The van der Waals surface area contributed by atoms with Crippen molar-refractivity contribution in [1.82, 2.24) is 15.2 Å². The third-order valence-corrected chi connectivity index (χ3v) is 10.1. The molecule has 0 radical (unpaired) electrons. The van der Waals surface area contributed by atoms with E-state index in [1.807, 2.05) is 6.07 Å². The Morgan fingerprint density at radius 3 is 2.61 bits per heavy atom. The summed E-state index contributed by atoms with van der Waals surface area (Å²) in [5.74, 6) is 1.57. The molecule has 192 valence electrons. The van der Waals surface area contributed by atoms with Crippen molar-refractivity contribution in [3.8, 4) is 0 Å². The second kappa shape index (κ2) is 10.5. The number of amides is 1. The van der Waals surface area contributed by atoms with Crippen LogP contribution in [0.2, 0.25) is 5.15 Å². The zero-order valence-electron chi connectivity index (χ0n) is 21.4. The first-order chi connectivity index (χ1) is 17.7. The number of rotatable bonds is 3. The van der Waals surface area contributed by atoms with Gasteiger partial charge < -0.3 is 10.2 Å². The topological polar surface area (TPSA) is 45.2 Å². The normalized spacial score (nSPS) is 31.2. The number of piperidine rings is 1. The van der Waals surface area contributed by atoms with Crippen molar-refractivity contribution in [1.29, 1.82) is 0 Å². The molecule has 4 atom stereocenters. The number of likely N-dealkylation sites (tertiary alicyclic amines) is 1. The molecule has 1 aromatic heterocycles. The minimum Gasteiger partial charge on any atom is -0.339 e. The first-order valence-electron chi connectivity index (χ1n) is 14.4. The third kappa shape index (κ3) is 4.49. The number of nitrogens with one attached hydrogen (secondary N) is 1.